The molecular weight excluding hydrogens is 403 g/mol. The first-order chi connectivity index (χ1) is 10.1. The molecule has 1 atom stereocenters. The zero-order valence-electron chi connectivity index (χ0n) is 11.7. The molecule has 2 aromatic rings. The van der Waals surface area contributed by atoms with E-state index in [2.05, 4.69) is 28.0 Å². The predicted molar refractivity (Wildman–Crippen MR) is 92.9 cm³/mol. The van der Waals surface area contributed by atoms with Gasteiger partial charge in [-0.3, -0.25) is 5.84 Å². The van der Waals surface area contributed by atoms with Crippen molar-refractivity contribution in [1.82, 2.24) is 5.43 Å². The highest BCUT2D eigenvalue weighted by Gasteiger charge is 2.22. The van der Waals surface area contributed by atoms with Crippen LogP contribution < -0.4 is 20.7 Å². The fourth-order valence-corrected chi connectivity index (χ4v) is 2.73. The van der Waals surface area contributed by atoms with Gasteiger partial charge in [-0.25, -0.2) is 5.43 Å². The number of hydrogen-bond donors (Lipinski definition) is 2. The Kier molecular flexibility index (Phi) is 5.69. The Hall–Kier alpha value is -1.02. The normalized spacial score (nSPS) is 12.0. The molecule has 21 heavy (non-hydrogen) atoms. The van der Waals surface area contributed by atoms with E-state index in [1.807, 2.05) is 36.4 Å². The van der Waals surface area contributed by atoms with Crippen LogP contribution in [0.3, 0.4) is 0 Å². The molecule has 0 saturated heterocycles. The molecule has 112 valence electrons. The quantitative estimate of drug-likeness (QED) is 0.443. The Morgan fingerprint density at radius 1 is 1.14 bits per heavy atom. The molecule has 4 nitrogen and oxygen atoms in total. The van der Waals surface area contributed by atoms with Crippen molar-refractivity contribution >= 4 is 34.2 Å². The molecule has 2 rings (SSSR count). The molecule has 1 unspecified atom stereocenters. The zero-order valence-corrected chi connectivity index (χ0v) is 14.6. The summed E-state index contributed by atoms with van der Waals surface area (Å²) < 4.78 is 11.9. The van der Waals surface area contributed by atoms with E-state index in [0.29, 0.717) is 16.5 Å². The Labute approximate surface area is 142 Å². The lowest BCUT2D eigenvalue weighted by Gasteiger charge is -2.22. The molecular formula is C15H16ClIN2O2. The Bertz CT molecular complexity index is 615. The van der Waals surface area contributed by atoms with E-state index in [1.54, 1.807) is 14.2 Å². The summed E-state index contributed by atoms with van der Waals surface area (Å²) in [5.41, 5.74) is 4.58. The summed E-state index contributed by atoms with van der Waals surface area (Å²) in [4.78, 5) is 0. The van der Waals surface area contributed by atoms with Gasteiger partial charge in [0.05, 0.1) is 30.8 Å². The van der Waals surface area contributed by atoms with Crippen molar-refractivity contribution in [2.75, 3.05) is 14.2 Å². The summed E-state index contributed by atoms with van der Waals surface area (Å²) in [7, 11) is 3.24. The first-order valence-corrected chi connectivity index (χ1v) is 7.70. The minimum absolute atomic E-state index is 0.286. The molecule has 0 radical (unpaired) electrons. The second-order valence-electron chi connectivity index (χ2n) is 4.35. The van der Waals surface area contributed by atoms with Gasteiger partial charge in [-0.15, -0.1) is 0 Å². The molecule has 6 heteroatoms. The number of rotatable bonds is 5. The summed E-state index contributed by atoms with van der Waals surface area (Å²) in [6.45, 7) is 0. The lowest BCUT2D eigenvalue weighted by Crippen LogP contribution is -2.29. The highest BCUT2D eigenvalue weighted by Crippen LogP contribution is 2.37. The molecule has 0 spiro atoms. The van der Waals surface area contributed by atoms with Gasteiger partial charge in [0.25, 0.3) is 0 Å². The molecule has 0 heterocycles. The topological polar surface area (TPSA) is 56.5 Å². The van der Waals surface area contributed by atoms with E-state index >= 15 is 0 Å². The van der Waals surface area contributed by atoms with Gasteiger partial charge in [-0.2, -0.15) is 0 Å². The predicted octanol–water partition coefficient (Wildman–Crippen LogP) is 3.51. The van der Waals surface area contributed by atoms with Gasteiger partial charge in [-0.05, 0) is 52.4 Å². The number of hydrogen-bond acceptors (Lipinski definition) is 4. The minimum atomic E-state index is -0.286. The summed E-state index contributed by atoms with van der Waals surface area (Å²) in [5.74, 6) is 7.17. The third-order valence-corrected chi connectivity index (χ3v) is 4.77. The molecule has 2 aromatic carbocycles. The van der Waals surface area contributed by atoms with Gasteiger partial charge in [0.15, 0.2) is 0 Å². The Morgan fingerprint density at radius 3 is 2.24 bits per heavy atom. The van der Waals surface area contributed by atoms with Crippen molar-refractivity contribution in [2.24, 2.45) is 5.84 Å². The van der Waals surface area contributed by atoms with Crippen LogP contribution in [0.25, 0.3) is 0 Å². The van der Waals surface area contributed by atoms with Crippen molar-refractivity contribution < 1.29 is 9.47 Å². The average molecular weight is 419 g/mol. The number of hydrazine groups is 1. The van der Waals surface area contributed by atoms with Crippen LogP contribution in [0.1, 0.15) is 17.2 Å². The molecule has 0 bridgehead atoms. The van der Waals surface area contributed by atoms with Crippen LogP contribution in [0.5, 0.6) is 11.5 Å². The third kappa shape index (κ3) is 3.42. The van der Waals surface area contributed by atoms with Crippen molar-refractivity contribution in [1.29, 1.82) is 0 Å². The van der Waals surface area contributed by atoms with Crippen LogP contribution >= 0.6 is 34.2 Å². The highest BCUT2D eigenvalue weighted by atomic mass is 127. The maximum atomic E-state index is 6.21. The second kappa shape index (κ2) is 7.31. The molecule has 0 aliphatic rings. The standard InChI is InChI=1S/C15H16ClIN2O2/c1-20-12-4-3-5-13(21-2)14(12)15(19-18)9-6-7-11(17)10(16)8-9/h3-8,15,19H,18H2,1-2H3. The number of benzene rings is 2. The smallest absolute Gasteiger partial charge is 0.127 e. The van der Waals surface area contributed by atoms with Crippen LogP contribution in [0.2, 0.25) is 5.02 Å². The SMILES string of the molecule is COc1cccc(OC)c1C(NN)c1ccc(I)c(Cl)c1. The van der Waals surface area contributed by atoms with E-state index in [0.717, 1.165) is 14.7 Å². The third-order valence-electron chi connectivity index (χ3n) is 3.20. The highest BCUT2D eigenvalue weighted by molar-refractivity contribution is 14.1. The van der Waals surface area contributed by atoms with Crippen molar-refractivity contribution in [2.45, 2.75) is 6.04 Å². The largest absolute Gasteiger partial charge is 0.496 e. The average Bonchev–Trinajstić information content (AvgIpc) is 2.51. The number of halogens is 2. The van der Waals surface area contributed by atoms with Crippen molar-refractivity contribution in [3.05, 3.63) is 56.1 Å². The lowest BCUT2D eigenvalue weighted by molar-refractivity contribution is 0.377. The van der Waals surface area contributed by atoms with E-state index in [-0.39, 0.29) is 6.04 Å². The summed E-state index contributed by atoms with van der Waals surface area (Å²) >= 11 is 8.40. The van der Waals surface area contributed by atoms with E-state index in [1.165, 1.54) is 0 Å². The monoisotopic (exact) mass is 418 g/mol. The maximum absolute atomic E-state index is 6.21. The number of nitrogens with one attached hydrogen (secondary N) is 1. The lowest BCUT2D eigenvalue weighted by atomic mass is 9.97. The van der Waals surface area contributed by atoms with Gasteiger partial charge in [0.2, 0.25) is 0 Å². The maximum Gasteiger partial charge on any atom is 0.127 e. The fourth-order valence-electron chi connectivity index (χ4n) is 2.20. The van der Waals surface area contributed by atoms with Crippen molar-refractivity contribution in [3.63, 3.8) is 0 Å². The molecule has 3 N–H and O–H groups in total. The van der Waals surface area contributed by atoms with E-state index in [9.17, 15) is 0 Å². The van der Waals surface area contributed by atoms with Crippen LogP contribution in [0, 0.1) is 3.57 Å². The van der Waals surface area contributed by atoms with E-state index < -0.39 is 0 Å². The van der Waals surface area contributed by atoms with Gasteiger partial charge in [0.1, 0.15) is 11.5 Å². The molecule has 0 saturated carbocycles. The van der Waals surface area contributed by atoms with Crippen LogP contribution in [-0.2, 0) is 0 Å². The van der Waals surface area contributed by atoms with Crippen LogP contribution in [-0.4, -0.2) is 14.2 Å². The Morgan fingerprint density at radius 2 is 1.76 bits per heavy atom. The second-order valence-corrected chi connectivity index (χ2v) is 5.92. The van der Waals surface area contributed by atoms with Gasteiger partial charge < -0.3 is 9.47 Å². The van der Waals surface area contributed by atoms with Crippen LogP contribution in [0.4, 0.5) is 0 Å². The number of methoxy groups -OCH3 is 2. The summed E-state index contributed by atoms with van der Waals surface area (Å²) in [5, 5.41) is 0.683. The summed E-state index contributed by atoms with van der Waals surface area (Å²) in [6.07, 6.45) is 0. The first kappa shape index (κ1) is 16.4. The van der Waals surface area contributed by atoms with Gasteiger partial charge in [0, 0.05) is 3.57 Å². The summed E-state index contributed by atoms with van der Waals surface area (Å²) in [6, 6.07) is 11.1. The number of ether oxygens (including phenoxy) is 2. The fraction of sp³-hybridized carbons (Fsp3) is 0.200. The van der Waals surface area contributed by atoms with Gasteiger partial charge in [-0.1, -0.05) is 23.7 Å². The van der Waals surface area contributed by atoms with Gasteiger partial charge >= 0.3 is 0 Å². The van der Waals surface area contributed by atoms with Crippen LogP contribution in [0.15, 0.2) is 36.4 Å². The molecule has 0 aliphatic carbocycles. The molecule has 0 amide bonds. The van der Waals surface area contributed by atoms with E-state index in [4.69, 9.17) is 26.9 Å². The van der Waals surface area contributed by atoms with Crippen molar-refractivity contribution in [3.8, 4) is 11.5 Å². The molecule has 0 aliphatic heterocycles. The molecule has 0 fully saturated rings. The zero-order chi connectivity index (χ0) is 15.4. The molecule has 0 aromatic heterocycles. The first-order valence-electron chi connectivity index (χ1n) is 6.24. The Balaban J connectivity index is 2.57. The number of nitrogens with two attached hydrogens (primary N) is 1. The minimum Gasteiger partial charge on any atom is -0.496 e.